The van der Waals surface area contributed by atoms with E-state index in [2.05, 4.69) is 41.5 Å². The molecule has 0 aromatic heterocycles. The van der Waals surface area contributed by atoms with Crippen LogP contribution in [0.4, 0.5) is 0 Å². The maximum atomic E-state index is 2.39. The predicted octanol–water partition coefficient (Wildman–Crippen LogP) is 6.20. The molecule has 0 fully saturated rings. The first-order valence-electron chi connectivity index (χ1n) is 7.39. The van der Waals surface area contributed by atoms with E-state index >= 15 is 0 Å². The van der Waals surface area contributed by atoms with Crippen LogP contribution in [-0.2, 0) is 0 Å². The fraction of sp³-hybridized carbons (Fsp3) is 1.00. The van der Waals surface area contributed by atoms with Gasteiger partial charge in [0, 0.05) is 0 Å². The van der Waals surface area contributed by atoms with E-state index in [1.165, 1.54) is 51.4 Å². The number of hydrogen-bond acceptors (Lipinski definition) is 0. The summed E-state index contributed by atoms with van der Waals surface area (Å²) in [5, 5.41) is 0. The first kappa shape index (κ1) is 16.0. The zero-order valence-corrected chi connectivity index (χ0v) is 12.7. The van der Waals surface area contributed by atoms with Crippen LogP contribution in [0.2, 0.25) is 0 Å². The minimum atomic E-state index is 0.512. The van der Waals surface area contributed by atoms with Gasteiger partial charge in [0.2, 0.25) is 0 Å². The van der Waals surface area contributed by atoms with E-state index in [0.29, 0.717) is 10.8 Å². The van der Waals surface area contributed by atoms with E-state index in [0.717, 1.165) is 0 Å². The summed E-state index contributed by atoms with van der Waals surface area (Å²) in [6.45, 7) is 14.2. The van der Waals surface area contributed by atoms with Crippen LogP contribution in [0.3, 0.4) is 0 Å². The molecule has 0 saturated heterocycles. The summed E-state index contributed by atoms with van der Waals surface area (Å²) in [7, 11) is 0. The lowest BCUT2D eigenvalue weighted by molar-refractivity contribution is 0.193. The topological polar surface area (TPSA) is 0 Å². The fourth-order valence-electron chi connectivity index (χ4n) is 2.63. The van der Waals surface area contributed by atoms with Crippen LogP contribution in [0.5, 0.6) is 0 Å². The molecule has 0 aromatic rings. The Balaban J connectivity index is 4.11. The predicted molar refractivity (Wildman–Crippen MR) is 75.8 cm³/mol. The van der Waals surface area contributed by atoms with Crippen molar-refractivity contribution >= 4 is 0 Å². The zero-order chi connectivity index (χ0) is 12.7. The highest BCUT2D eigenvalue weighted by Crippen LogP contribution is 2.39. The number of hydrogen-bond donors (Lipinski definition) is 0. The van der Waals surface area contributed by atoms with Crippen LogP contribution in [0, 0.1) is 10.8 Å². The van der Waals surface area contributed by atoms with Gasteiger partial charge in [-0.15, -0.1) is 0 Å². The second-order valence-electron chi connectivity index (χ2n) is 6.72. The second-order valence-corrected chi connectivity index (χ2v) is 6.72. The van der Waals surface area contributed by atoms with Gasteiger partial charge in [-0.25, -0.2) is 0 Å². The molecule has 0 aliphatic rings. The highest BCUT2D eigenvalue weighted by Gasteiger charge is 2.25. The molecule has 0 spiro atoms. The van der Waals surface area contributed by atoms with Crippen molar-refractivity contribution < 1.29 is 0 Å². The Labute approximate surface area is 104 Å². The zero-order valence-electron chi connectivity index (χ0n) is 12.7. The van der Waals surface area contributed by atoms with Gasteiger partial charge in [-0.1, -0.05) is 73.6 Å². The first-order valence-corrected chi connectivity index (χ1v) is 7.39. The Kier molecular flexibility index (Phi) is 7.35. The minimum absolute atomic E-state index is 0.512. The smallest absolute Gasteiger partial charge is 0.0303 e. The van der Waals surface area contributed by atoms with Gasteiger partial charge in [-0.05, 0) is 30.1 Å². The normalized spacial score (nSPS) is 13.1. The Morgan fingerprint density at radius 3 is 1.56 bits per heavy atom. The van der Waals surface area contributed by atoms with Gasteiger partial charge in [-0.3, -0.25) is 0 Å². The molecule has 0 N–H and O–H groups in total. The lowest BCUT2D eigenvalue weighted by atomic mass is 9.73. The third kappa shape index (κ3) is 6.55. The van der Waals surface area contributed by atoms with Crippen molar-refractivity contribution in [3.63, 3.8) is 0 Å². The van der Waals surface area contributed by atoms with Crippen molar-refractivity contribution in [3.05, 3.63) is 0 Å². The van der Waals surface area contributed by atoms with Crippen molar-refractivity contribution in [2.75, 3.05) is 0 Å². The lowest BCUT2D eigenvalue weighted by Crippen LogP contribution is -2.19. The molecule has 0 atom stereocenters. The van der Waals surface area contributed by atoms with Crippen LogP contribution in [0.1, 0.15) is 92.9 Å². The molecule has 0 nitrogen and oxygen atoms in total. The average Bonchev–Trinajstić information content (AvgIpc) is 2.22. The summed E-state index contributed by atoms with van der Waals surface area (Å²) in [4.78, 5) is 0. The molecule has 0 saturated carbocycles. The number of rotatable bonds is 8. The molecule has 0 heterocycles. The highest BCUT2D eigenvalue weighted by atomic mass is 14.3. The summed E-state index contributed by atoms with van der Waals surface area (Å²) in [5.41, 5.74) is 1.17. The third-order valence-corrected chi connectivity index (χ3v) is 4.19. The molecule has 98 valence electrons. The number of unbranched alkanes of at least 4 members (excludes halogenated alkanes) is 1. The molecule has 0 radical (unpaired) electrons. The lowest BCUT2D eigenvalue weighted by Gasteiger charge is -2.33. The van der Waals surface area contributed by atoms with Crippen molar-refractivity contribution in [2.45, 2.75) is 92.9 Å². The molecular weight excluding hydrogens is 192 g/mol. The van der Waals surface area contributed by atoms with E-state index in [4.69, 9.17) is 0 Å². The summed E-state index contributed by atoms with van der Waals surface area (Å²) in [6.07, 6.45) is 11.2. The Morgan fingerprint density at radius 2 is 1.19 bits per heavy atom. The highest BCUT2D eigenvalue weighted by molar-refractivity contribution is 4.77. The van der Waals surface area contributed by atoms with Gasteiger partial charge < -0.3 is 0 Å². The van der Waals surface area contributed by atoms with Crippen LogP contribution in [-0.4, -0.2) is 0 Å². The maximum Gasteiger partial charge on any atom is -0.0303 e. The van der Waals surface area contributed by atoms with Gasteiger partial charge in [0.05, 0.1) is 0 Å². The molecular formula is C16H34. The van der Waals surface area contributed by atoms with E-state index in [9.17, 15) is 0 Å². The second kappa shape index (κ2) is 7.35. The van der Waals surface area contributed by atoms with Crippen LogP contribution < -0.4 is 0 Å². The Morgan fingerprint density at radius 1 is 0.688 bits per heavy atom. The van der Waals surface area contributed by atoms with Crippen LogP contribution in [0.15, 0.2) is 0 Å². The van der Waals surface area contributed by atoms with Crippen molar-refractivity contribution in [1.82, 2.24) is 0 Å². The van der Waals surface area contributed by atoms with Crippen molar-refractivity contribution in [3.8, 4) is 0 Å². The van der Waals surface area contributed by atoms with Gasteiger partial charge in [0.25, 0.3) is 0 Å². The Bertz CT molecular complexity index is 157. The third-order valence-electron chi connectivity index (χ3n) is 4.19. The van der Waals surface area contributed by atoms with Gasteiger partial charge >= 0.3 is 0 Å². The molecule has 0 aromatic carbocycles. The van der Waals surface area contributed by atoms with E-state index in [1.54, 1.807) is 0 Å². The molecule has 16 heavy (non-hydrogen) atoms. The van der Waals surface area contributed by atoms with Crippen LogP contribution >= 0.6 is 0 Å². The molecule has 0 amide bonds. The summed E-state index contributed by atoms with van der Waals surface area (Å²) in [6, 6.07) is 0. The SMILES string of the molecule is CCCCC(CC)(CC)CCCC(C)(C)C. The molecule has 0 rings (SSSR count). The summed E-state index contributed by atoms with van der Waals surface area (Å²) in [5.74, 6) is 0. The standard InChI is InChI=1S/C16H34/c1-7-10-13-16(8-2,9-3)14-11-12-15(4,5)6/h7-14H2,1-6H3. The summed E-state index contributed by atoms with van der Waals surface area (Å²) >= 11 is 0. The first-order chi connectivity index (χ1) is 7.39. The van der Waals surface area contributed by atoms with Crippen molar-refractivity contribution in [1.29, 1.82) is 0 Å². The van der Waals surface area contributed by atoms with E-state index in [-0.39, 0.29) is 0 Å². The molecule has 0 unspecified atom stereocenters. The molecule has 0 aliphatic heterocycles. The van der Waals surface area contributed by atoms with Crippen molar-refractivity contribution in [2.24, 2.45) is 10.8 Å². The minimum Gasteiger partial charge on any atom is -0.0654 e. The van der Waals surface area contributed by atoms with Crippen LogP contribution in [0.25, 0.3) is 0 Å². The molecule has 0 heteroatoms. The average molecular weight is 226 g/mol. The monoisotopic (exact) mass is 226 g/mol. The van der Waals surface area contributed by atoms with Gasteiger partial charge in [0.1, 0.15) is 0 Å². The van der Waals surface area contributed by atoms with Gasteiger partial charge in [0.15, 0.2) is 0 Å². The Hall–Kier alpha value is 0. The van der Waals surface area contributed by atoms with E-state index < -0.39 is 0 Å². The molecule has 0 bridgehead atoms. The summed E-state index contributed by atoms with van der Waals surface area (Å²) < 4.78 is 0. The molecule has 0 aliphatic carbocycles. The largest absolute Gasteiger partial charge is 0.0654 e. The van der Waals surface area contributed by atoms with Gasteiger partial charge in [-0.2, -0.15) is 0 Å². The fourth-order valence-corrected chi connectivity index (χ4v) is 2.63. The maximum absolute atomic E-state index is 2.39. The quantitative estimate of drug-likeness (QED) is 0.462. The van der Waals surface area contributed by atoms with E-state index in [1.807, 2.05) is 0 Å².